The lowest BCUT2D eigenvalue weighted by Crippen LogP contribution is -2.22. The van der Waals surface area contributed by atoms with E-state index in [-0.39, 0.29) is 0 Å². The highest BCUT2D eigenvalue weighted by Gasteiger charge is 2.30. The number of aliphatic hydroxyl groups is 2. The minimum atomic E-state index is -0.703. The van der Waals surface area contributed by atoms with Crippen molar-refractivity contribution in [2.45, 2.75) is 18.8 Å². The van der Waals surface area contributed by atoms with Gasteiger partial charge in [0.2, 0.25) is 0 Å². The Morgan fingerprint density at radius 1 is 1.31 bits per heavy atom. The van der Waals surface area contributed by atoms with E-state index in [2.05, 4.69) is 0 Å². The molecule has 1 heterocycles. The minimum absolute atomic E-state index is 0.406. The molecule has 1 aromatic carbocycles. The second kappa shape index (κ2) is 4.59. The third-order valence-corrected chi connectivity index (χ3v) is 3.15. The Hall–Kier alpha value is -0.810. The molecule has 2 atom stereocenters. The number of nitrogens with two attached hydrogens (primary N) is 1. The highest BCUT2D eigenvalue weighted by atomic mass is 35.5. The average molecular weight is 243 g/mol. The smallest absolute Gasteiger partial charge is 0.0990 e. The maximum Gasteiger partial charge on any atom is 0.0990 e. The summed E-state index contributed by atoms with van der Waals surface area (Å²) in [6.07, 6.45) is -1.41. The second-order valence-electron chi connectivity index (χ2n) is 4.03. The standard InChI is InChI=1S/C11H15ClN2O2/c12-8-3-7(4-13)1-2-9(8)14-5-10(15)11(16)6-14/h1-3,10-11,15-16H,4-6,13H2. The summed E-state index contributed by atoms with van der Waals surface area (Å²) in [4.78, 5) is 1.87. The lowest BCUT2D eigenvalue weighted by atomic mass is 10.2. The summed E-state index contributed by atoms with van der Waals surface area (Å²) in [7, 11) is 0. The van der Waals surface area contributed by atoms with Crippen LogP contribution >= 0.6 is 11.6 Å². The summed E-state index contributed by atoms with van der Waals surface area (Å²) in [5, 5.41) is 19.5. The van der Waals surface area contributed by atoms with Crippen molar-refractivity contribution in [2.24, 2.45) is 5.73 Å². The number of benzene rings is 1. The molecule has 1 fully saturated rings. The van der Waals surface area contributed by atoms with Crippen molar-refractivity contribution < 1.29 is 10.2 Å². The molecular weight excluding hydrogens is 228 g/mol. The van der Waals surface area contributed by atoms with Crippen LogP contribution in [0, 0.1) is 0 Å². The van der Waals surface area contributed by atoms with Gasteiger partial charge in [0.25, 0.3) is 0 Å². The summed E-state index contributed by atoms with van der Waals surface area (Å²) in [6.45, 7) is 1.26. The van der Waals surface area contributed by atoms with Gasteiger partial charge in [-0.1, -0.05) is 17.7 Å². The SMILES string of the molecule is NCc1ccc(N2CC(O)C(O)C2)c(Cl)c1. The Labute approximate surface area is 99.2 Å². The summed E-state index contributed by atoms with van der Waals surface area (Å²) in [5.41, 5.74) is 7.31. The summed E-state index contributed by atoms with van der Waals surface area (Å²) < 4.78 is 0. The number of hydrogen-bond donors (Lipinski definition) is 3. The van der Waals surface area contributed by atoms with Gasteiger partial charge in [0.1, 0.15) is 0 Å². The van der Waals surface area contributed by atoms with E-state index < -0.39 is 12.2 Å². The van der Waals surface area contributed by atoms with Crippen LogP contribution in [-0.2, 0) is 6.54 Å². The van der Waals surface area contributed by atoms with Crippen molar-refractivity contribution in [3.05, 3.63) is 28.8 Å². The van der Waals surface area contributed by atoms with E-state index in [1.807, 2.05) is 23.1 Å². The zero-order chi connectivity index (χ0) is 11.7. The van der Waals surface area contributed by atoms with Crippen molar-refractivity contribution in [1.82, 2.24) is 0 Å². The molecule has 0 amide bonds. The number of β-amino-alcohol motifs (C(OH)–C–C–N with tert-alkyl or cyclic N) is 2. The Kier molecular flexibility index (Phi) is 3.35. The zero-order valence-corrected chi connectivity index (χ0v) is 9.56. The molecular formula is C11H15ClN2O2. The molecule has 88 valence electrons. The number of halogens is 1. The van der Waals surface area contributed by atoms with Gasteiger partial charge >= 0.3 is 0 Å². The first-order valence-electron chi connectivity index (χ1n) is 5.21. The van der Waals surface area contributed by atoms with Crippen molar-refractivity contribution in [3.8, 4) is 0 Å². The molecule has 1 saturated heterocycles. The van der Waals surface area contributed by atoms with E-state index in [0.29, 0.717) is 24.7 Å². The summed E-state index contributed by atoms with van der Waals surface area (Å²) in [5.74, 6) is 0. The molecule has 2 rings (SSSR count). The highest BCUT2D eigenvalue weighted by Crippen LogP contribution is 2.29. The monoisotopic (exact) mass is 242 g/mol. The maximum atomic E-state index is 9.47. The average Bonchev–Trinajstić information content (AvgIpc) is 2.58. The van der Waals surface area contributed by atoms with Gasteiger partial charge in [-0.2, -0.15) is 0 Å². The van der Waals surface area contributed by atoms with E-state index in [1.165, 1.54) is 0 Å². The quantitative estimate of drug-likeness (QED) is 0.700. The van der Waals surface area contributed by atoms with Crippen LogP contribution < -0.4 is 10.6 Å². The summed E-state index contributed by atoms with van der Waals surface area (Å²) in [6, 6.07) is 5.58. The largest absolute Gasteiger partial charge is 0.389 e. The van der Waals surface area contributed by atoms with Gasteiger partial charge < -0.3 is 20.8 Å². The van der Waals surface area contributed by atoms with Crippen LogP contribution in [0.15, 0.2) is 18.2 Å². The minimum Gasteiger partial charge on any atom is -0.389 e. The first-order valence-corrected chi connectivity index (χ1v) is 5.59. The number of rotatable bonds is 2. The van der Waals surface area contributed by atoms with E-state index in [9.17, 15) is 10.2 Å². The normalized spacial score (nSPS) is 25.1. The van der Waals surface area contributed by atoms with E-state index in [1.54, 1.807) is 0 Å². The first-order chi connectivity index (χ1) is 7.61. The topological polar surface area (TPSA) is 69.7 Å². The van der Waals surface area contributed by atoms with Crippen molar-refractivity contribution in [2.75, 3.05) is 18.0 Å². The molecule has 1 aromatic rings. The number of aliphatic hydroxyl groups excluding tert-OH is 2. The fourth-order valence-electron chi connectivity index (χ4n) is 1.90. The molecule has 4 nitrogen and oxygen atoms in total. The van der Waals surface area contributed by atoms with Crippen molar-refractivity contribution in [3.63, 3.8) is 0 Å². The highest BCUT2D eigenvalue weighted by molar-refractivity contribution is 6.33. The second-order valence-corrected chi connectivity index (χ2v) is 4.44. The van der Waals surface area contributed by atoms with Gasteiger partial charge in [-0.05, 0) is 17.7 Å². The van der Waals surface area contributed by atoms with E-state index in [0.717, 1.165) is 11.3 Å². The van der Waals surface area contributed by atoms with Crippen LogP contribution in [0.5, 0.6) is 0 Å². The van der Waals surface area contributed by atoms with Gasteiger partial charge in [-0.25, -0.2) is 0 Å². The van der Waals surface area contributed by atoms with Crippen LogP contribution in [0.3, 0.4) is 0 Å². The zero-order valence-electron chi connectivity index (χ0n) is 8.81. The van der Waals surface area contributed by atoms with Gasteiger partial charge in [0.05, 0.1) is 22.9 Å². The fraction of sp³-hybridized carbons (Fsp3) is 0.455. The molecule has 0 bridgehead atoms. The van der Waals surface area contributed by atoms with Gasteiger partial charge in [0, 0.05) is 19.6 Å². The van der Waals surface area contributed by atoms with Crippen molar-refractivity contribution >= 4 is 17.3 Å². The van der Waals surface area contributed by atoms with Crippen LogP contribution in [0.1, 0.15) is 5.56 Å². The third kappa shape index (κ3) is 2.15. The molecule has 0 aliphatic carbocycles. The van der Waals surface area contributed by atoms with Crippen LogP contribution in [-0.4, -0.2) is 35.5 Å². The Morgan fingerprint density at radius 2 is 1.94 bits per heavy atom. The Balaban J connectivity index is 2.22. The number of hydrogen-bond acceptors (Lipinski definition) is 4. The molecule has 0 saturated carbocycles. The molecule has 0 radical (unpaired) electrons. The fourth-order valence-corrected chi connectivity index (χ4v) is 2.22. The number of nitrogens with zero attached hydrogens (tertiary/aromatic N) is 1. The van der Waals surface area contributed by atoms with Gasteiger partial charge in [0.15, 0.2) is 0 Å². The molecule has 2 unspecified atom stereocenters. The molecule has 1 aliphatic heterocycles. The van der Waals surface area contributed by atoms with E-state index in [4.69, 9.17) is 17.3 Å². The lowest BCUT2D eigenvalue weighted by Gasteiger charge is -2.19. The molecule has 4 N–H and O–H groups in total. The molecule has 16 heavy (non-hydrogen) atoms. The third-order valence-electron chi connectivity index (χ3n) is 2.85. The first kappa shape index (κ1) is 11.7. The summed E-state index contributed by atoms with van der Waals surface area (Å²) >= 11 is 6.12. The van der Waals surface area contributed by atoms with Crippen molar-refractivity contribution in [1.29, 1.82) is 0 Å². The van der Waals surface area contributed by atoms with Crippen LogP contribution in [0.2, 0.25) is 5.02 Å². The van der Waals surface area contributed by atoms with Crippen LogP contribution in [0.4, 0.5) is 5.69 Å². The van der Waals surface area contributed by atoms with E-state index >= 15 is 0 Å². The maximum absolute atomic E-state index is 9.47. The predicted molar refractivity (Wildman–Crippen MR) is 63.6 cm³/mol. The van der Waals surface area contributed by atoms with Crippen LogP contribution in [0.25, 0.3) is 0 Å². The molecule has 0 spiro atoms. The Morgan fingerprint density at radius 3 is 2.44 bits per heavy atom. The molecule has 1 aliphatic rings. The lowest BCUT2D eigenvalue weighted by molar-refractivity contribution is 0.0572. The number of anilines is 1. The molecule has 5 heteroatoms. The molecule has 0 aromatic heterocycles. The Bertz CT molecular complexity index is 376. The predicted octanol–water partition coefficient (Wildman–Crippen LogP) is 0.341. The van der Waals surface area contributed by atoms with Gasteiger partial charge in [-0.15, -0.1) is 0 Å². The van der Waals surface area contributed by atoms with Gasteiger partial charge in [-0.3, -0.25) is 0 Å².